The van der Waals surface area contributed by atoms with Crippen molar-refractivity contribution in [1.29, 1.82) is 5.41 Å². The number of carbonyl (C=O) groups excluding carboxylic acids is 15. The number of nitrogens with zero attached hydrogens (tertiary/aromatic N) is 3. The van der Waals surface area contributed by atoms with Crippen molar-refractivity contribution in [3.63, 3.8) is 0 Å². The van der Waals surface area contributed by atoms with Crippen LogP contribution in [0.15, 0.2) is 128 Å². The SMILES string of the molecule is CC[C@H](C)[C@H](NC(=O)[C@H](Cc1cnc[nH]1)NC(=O)[C@H](CCCNC(=N)N)NC(=O)[C@H](Cc1ccc(O)cc1)NC(=O)[C@H](Cc1cnc[nH]1)NC(=O)[C@@H](N)CO)C(=O)N[C@@H](CO)C(=O)N1CCC[C@H]1C(=O)N[C@@H](C)C(=O)N[C@@H](CCC(N)=O)C(=O)NC(CCCCNC(=O)c1ccc([18F])cc1)C(=O)NC(CCCCNC(=O)c1ccc2c(c1)C(=O)OC21c2ccc(O)cc2Oc2cc(O)ccc21)C(=O)O. The molecule has 744 valence electrons. The number of hydrogen-bond acceptors (Lipinski definition) is 27. The Morgan fingerprint density at radius 1 is 0.532 bits per heavy atom. The minimum atomic E-state index is -1.80. The smallest absolute Gasteiger partial charge is 0.340 e. The highest BCUT2D eigenvalue weighted by molar-refractivity contribution is 6.03. The van der Waals surface area contributed by atoms with Crippen LogP contribution in [0.2, 0.25) is 0 Å². The number of halogens is 1. The van der Waals surface area contributed by atoms with Gasteiger partial charge in [-0.15, -0.1) is 0 Å². The summed E-state index contributed by atoms with van der Waals surface area (Å²) in [5, 5.41) is 103. The molecule has 139 heavy (non-hydrogen) atoms. The van der Waals surface area contributed by atoms with Crippen molar-refractivity contribution in [3.8, 4) is 28.7 Å². The number of amides is 14. The largest absolute Gasteiger partial charge is 0.508 e. The number of primary amides is 1. The maximum atomic E-state index is 14.9. The number of esters is 1. The molecule has 1 spiro atoms. The zero-order valence-corrected chi connectivity index (χ0v) is 76.2. The number of guanidine groups is 1. The first-order valence-electron chi connectivity index (χ1n) is 45.1. The molecule has 13 atom stereocenters. The summed E-state index contributed by atoms with van der Waals surface area (Å²) >= 11 is 0. The van der Waals surface area contributed by atoms with Crippen LogP contribution >= 0.6 is 0 Å². The van der Waals surface area contributed by atoms with Gasteiger partial charge in [0.1, 0.15) is 107 Å². The molecular formula is C92H115FN22O24. The number of H-pyrrole nitrogens is 2. The number of aromatic amines is 2. The number of likely N-dealkylation sites (tertiary alicyclic amines) is 1. The second-order valence-corrected chi connectivity index (χ2v) is 33.8. The first-order chi connectivity index (χ1) is 66.4. The predicted molar refractivity (Wildman–Crippen MR) is 490 cm³/mol. The number of carbonyl (C=O) groups is 16. The molecule has 10 rings (SSSR count). The lowest BCUT2D eigenvalue weighted by Gasteiger charge is -2.36. The summed E-state index contributed by atoms with van der Waals surface area (Å²) in [4.78, 5) is 239. The molecule has 1 saturated heterocycles. The Kier molecular flexibility index (Phi) is 37.7. The third-order valence-corrected chi connectivity index (χ3v) is 23.7. The minimum absolute atomic E-state index is 0.00238. The number of aliphatic hydroxyl groups excluding tert-OH is 2. The first-order valence-corrected chi connectivity index (χ1v) is 45.1. The number of hydrogen-bond donors (Lipinski definition) is 25. The van der Waals surface area contributed by atoms with Gasteiger partial charge in [0.2, 0.25) is 70.9 Å². The van der Waals surface area contributed by atoms with E-state index in [0.29, 0.717) is 27.9 Å². The van der Waals surface area contributed by atoms with E-state index in [1.54, 1.807) is 13.8 Å². The zero-order chi connectivity index (χ0) is 101. The highest BCUT2D eigenvalue weighted by Crippen LogP contribution is 2.57. The van der Waals surface area contributed by atoms with E-state index in [0.717, 1.165) is 17.0 Å². The van der Waals surface area contributed by atoms with Crippen LogP contribution in [0.25, 0.3) is 0 Å². The summed E-state index contributed by atoms with van der Waals surface area (Å²) in [6, 6.07) is 4.33. The van der Waals surface area contributed by atoms with Gasteiger partial charge in [0.05, 0.1) is 31.4 Å². The molecule has 46 nitrogen and oxygen atoms in total. The van der Waals surface area contributed by atoms with E-state index in [4.69, 9.17) is 32.1 Å². The monoisotopic (exact) mass is 1930 g/mol. The van der Waals surface area contributed by atoms with Crippen molar-refractivity contribution in [1.82, 2.24) is 94.0 Å². The molecule has 3 aliphatic rings. The van der Waals surface area contributed by atoms with Gasteiger partial charge >= 0.3 is 11.9 Å². The third kappa shape index (κ3) is 28.7. The number of carboxylic acid groups (broad SMARTS) is 1. The molecule has 7 aromatic rings. The topological polar surface area (TPSA) is 732 Å². The number of benzene rings is 5. The van der Waals surface area contributed by atoms with Gasteiger partial charge in [-0.25, -0.2) is 23.9 Å². The number of phenolic OH excluding ortho intramolecular Hbond substituents is 3. The Morgan fingerprint density at radius 2 is 1.01 bits per heavy atom. The van der Waals surface area contributed by atoms with Crippen molar-refractivity contribution in [2.24, 2.45) is 23.1 Å². The summed E-state index contributed by atoms with van der Waals surface area (Å²) < 4.78 is 25.8. The van der Waals surface area contributed by atoms with Gasteiger partial charge in [0.25, 0.3) is 11.8 Å². The molecule has 3 aliphatic heterocycles. The van der Waals surface area contributed by atoms with Crippen LogP contribution in [0.4, 0.5) is 4.39 Å². The molecule has 0 bridgehead atoms. The summed E-state index contributed by atoms with van der Waals surface area (Å²) in [6.45, 7) is 2.44. The Bertz CT molecular complexity index is 5550. The van der Waals surface area contributed by atoms with E-state index < -0.39 is 216 Å². The molecule has 47 heteroatoms. The number of imidazole rings is 2. The number of unbranched alkanes of at least 4 members (excludes halogenated alkanes) is 2. The second-order valence-electron chi connectivity index (χ2n) is 33.8. The van der Waals surface area contributed by atoms with Gasteiger partial charge < -0.3 is 141 Å². The minimum Gasteiger partial charge on any atom is -0.508 e. The predicted octanol–water partition coefficient (Wildman–Crippen LogP) is -1.98. The lowest BCUT2D eigenvalue weighted by molar-refractivity contribution is -0.143. The molecule has 1 fully saturated rings. The van der Waals surface area contributed by atoms with Gasteiger partial charge in [-0.05, 0) is 162 Å². The number of phenols is 3. The quantitative estimate of drug-likeness (QED) is 0.00850. The molecule has 2 unspecified atom stereocenters. The summed E-state index contributed by atoms with van der Waals surface area (Å²) in [5.74, 6) is -17.2. The summed E-state index contributed by atoms with van der Waals surface area (Å²) in [6.07, 6.45) is 3.60. The van der Waals surface area contributed by atoms with Crippen molar-refractivity contribution in [2.75, 3.05) is 39.4 Å². The molecule has 0 radical (unpaired) electrons. The van der Waals surface area contributed by atoms with E-state index in [1.165, 1.54) is 123 Å². The molecule has 28 N–H and O–H groups in total. The van der Waals surface area contributed by atoms with Gasteiger partial charge in [0, 0.05) is 116 Å². The second kappa shape index (κ2) is 49.7. The maximum Gasteiger partial charge on any atom is 0.340 e. The van der Waals surface area contributed by atoms with Gasteiger partial charge in [-0.3, -0.25) is 72.5 Å². The highest BCUT2D eigenvalue weighted by Gasteiger charge is 2.54. The number of aliphatic hydroxyl groups is 2. The number of ether oxygens (including phenoxy) is 2. The number of aliphatic carboxylic acids is 1. The van der Waals surface area contributed by atoms with Gasteiger partial charge in [0.15, 0.2) is 11.6 Å². The Labute approximate surface area is 794 Å². The van der Waals surface area contributed by atoms with Crippen LogP contribution in [0.1, 0.15) is 169 Å². The number of aromatic nitrogens is 4. The molecule has 0 saturated carbocycles. The normalized spacial score (nSPS) is 15.7. The van der Waals surface area contributed by atoms with Crippen LogP contribution in [0.5, 0.6) is 28.7 Å². The molecule has 0 aliphatic carbocycles. The molecule has 5 heterocycles. The van der Waals surface area contributed by atoms with Gasteiger partial charge in [-0.2, -0.15) is 0 Å². The van der Waals surface area contributed by atoms with E-state index in [-0.39, 0.29) is 167 Å². The lowest BCUT2D eigenvalue weighted by Crippen LogP contribution is -2.62. The number of aromatic hydroxyl groups is 3. The molecule has 14 amide bonds. The fraction of sp³-hybridized carbons (Fsp3) is 0.424. The number of rotatable bonds is 51. The Morgan fingerprint density at radius 3 is 1.54 bits per heavy atom. The maximum absolute atomic E-state index is 14.9. The summed E-state index contributed by atoms with van der Waals surface area (Å²) in [7, 11) is 0. The van der Waals surface area contributed by atoms with Crippen LogP contribution in [0.3, 0.4) is 0 Å². The van der Waals surface area contributed by atoms with Crippen molar-refractivity contribution >= 4 is 101 Å². The molecule has 2 aromatic heterocycles. The van der Waals surface area contributed by atoms with E-state index in [1.807, 2.05) is 0 Å². The number of nitrogens with one attached hydrogen (secondary N) is 16. The van der Waals surface area contributed by atoms with Crippen LogP contribution < -0.4 is 91.1 Å². The summed E-state index contributed by atoms with van der Waals surface area (Å²) in [5.41, 5.74) is 17.6. The fourth-order valence-electron chi connectivity index (χ4n) is 15.9. The van der Waals surface area contributed by atoms with Crippen molar-refractivity contribution in [3.05, 3.63) is 184 Å². The molecular weight excluding hydrogens is 1820 g/mol. The van der Waals surface area contributed by atoms with Crippen LogP contribution in [-0.2, 0) is 91.9 Å². The Balaban J connectivity index is 0.771. The third-order valence-electron chi connectivity index (χ3n) is 23.7. The van der Waals surface area contributed by atoms with E-state index >= 15 is 0 Å². The molecule has 5 aromatic carbocycles. The van der Waals surface area contributed by atoms with Crippen molar-refractivity contribution in [2.45, 2.75) is 202 Å². The fourth-order valence-corrected chi connectivity index (χ4v) is 15.9. The average Bonchev–Trinajstić information content (AvgIpc) is 1.56. The van der Waals surface area contributed by atoms with E-state index in [9.17, 15) is 112 Å². The Hall–Kier alpha value is -15.7. The van der Waals surface area contributed by atoms with Gasteiger partial charge in [-0.1, -0.05) is 38.5 Å². The number of carboxylic acids is 1. The van der Waals surface area contributed by atoms with Crippen LogP contribution in [-0.4, -0.2) is 268 Å². The van der Waals surface area contributed by atoms with E-state index in [2.05, 4.69) is 89.1 Å². The highest BCUT2D eigenvalue weighted by atomic mass is 18.2. The average molecular weight is 1930 g/mol. The lowest BCUT2D eigenvalue weighted by atomic mass is 9.77. The number of nitrogens with two attached hydrogens (primary N) is 3. The van der Waals surface area contributed by atoms with Crippen LogP contribution in [0, 0.1) is 17.1 Å². The van der Waals surface area contributed by atoms with Crippen molar-refractivity contribution < 1.29 is 121 Å². The standard InChI is InChI=1S/C92H115FN22O24/c1-4-47(2)75(114-85(131)69(38-54-42-99-46-104-54)112-81(127)64(13-9-33-102-91(96)97)108-83(129)67(35-49-15-22-55(118)23-16-49)111-84(130)68(37-53-41-98-45-103-53)110-79(125)62(94)43-116)87(133)113-70(44-117)88(134)115-34-10-14-71(115)86(132)105-48(3)76(122)106-65(29-30-74(95)121)82(128)107-63(11-5-7-31-100-77(123)50-17-20-52(93)21-18-50)80(126)109-66(89(135)136)12-6-8-32-101-78(124)51-19-26-59-58(36-51)90(137)139-92(59)60-27-24-56(119)39-72(60)138-73-40-57(120)25-28-61(73)92/h15-28,36,39-42,45-48,62-71,75,116-120H,4-14,29-35,37-38,43-44,94H2,1-3H3,(H2,95,121)(H,98,103)(H,99,104)(H,100,123)(H,101,124)(H,105,132)(H,106,122)(H,107,128)(H,108,129)(H,109,126)(H,110,125)(H,111,130)(H,112,127)(H,113,133)(H,114,131)(H,135,136)(H4,96,97,102)/t47-,48-,62-,63?,64-,65-,66?,67-,68-,69-,70-,71-,75-/m0/s1/i93-1. The first kappa shape index (κ1) is 105. The number of fused-ring (bicyclic) bond motifs is 6. The zero-order valence-electron chi connectivity index (χ0n) is 76.2.